The average Bonchev–Trinajstić information content (AvgIpc) is 3.87. The van der Waals surface area contributed by atoms with E-state index in [1.165, 1.54) is 5.56 Å². The third-order valence-corrected chi connectivity index (χ3v) is 7.58. The van der Waals surface area contributed by atoms with Crippen molar-refractivity contribution in [2.24, 2.45) is 5.92 Å². The summed E-state index contributed by atoms with van der Waals surface area (Å²) in [6.07, 6.45) is 3.43. The summed E-state index contributed by atoms with van der Waals surface area (Å²) in [7, 11) is 3.22. The van der Waals surface area contributed by atoms with E-state index in [-0.39, 0.29) is 24.3 Å². The molecule has 1 aromatic heterocycles. The fourth-order valence-electron chi connectivity index (χ4n) is 5.07. The molecule has 210 valence electrons. The summed E-state index contributed by atoms with van der Waals surface area (Å²) in [5.74, 6) is 2.30. The maximum Gasteiger partial charge on any atom is 0.242 e. The van der Waals surface area contributed by atoms with E-state index in [9.17, 15) is 9.59 Å². The van der Waals surface area contributed by atoms with Crippen LogP contribution in [0.3, 0.4) is 0 Å². The monoisotopic (exact) mass is 543 g/mol. The lowest BCUT2D eigenvalue weighted by Crippen LogP contribution is -2.45. The van der Waals surface area contributed by atoms with Crippen molar-refractivity contribution in [2.45, 2.75) is 25.7 Å². The number of ether oxygens (including phenoxy) is 2. The first-order chi connectivity index (χ1) is 19.6. The van der Waals surface area contributed by atoms with E-state index >= 15 is 0 Å². The quantitative estimate of drug-likeness (QED) is 0.386. The summed E-state index contributed by atoms with van der Waals surface area (Å²) in [4.78, 5) is 32.1. The predicted molar refractivity (Wildman–Crippen MR) is 153 cm³/mol. The van der Waals surface area contributed by atoms with Gasteiger partial charge in [0.1, 0.15) is 0 Å². The van der Waals surface area contributed by atoms with Crippen molar-refractivity contribution in [3.8, 4) is 22.8 Å². The molecule has 1 aliphatic heterocycles. The van der Waals surface area contributed by atoms with Gasteiger partial charge in [0, 0.05) is 44.2 Å². The zero-order valence-electron chi connectivity index (χ0n) is 23.3. The summed E-state index contributed by atoms with van der Waals surface area (Å²) in [6.45, 7) is 3.40. The second-order valence-corrected chi connectivity index (χ2v) is 10.3. The predicted octanol–water partition coefficient (Wildman–Crippen LogP) is 3.68. The number of hydrogen-bond donors (Lipinski definition) is 0. The zero-order valence-corrected chi connectivity index (χ0v) is 23.3. The topological polar surface area (TPSA) is 88.1 Å². The Balaban J connectivity index is 1.18. The molecule has 40 heavy (non-hydrogen) atoms. The Labute approximate surface area is 235 Å². The Morgan fingerprint density at radius 3 is 2.40 bits per heavy atom. The summed E-state index contributed by atoms with van der Waals surface area (Å²) in [5, 5.41) is 8.94. The van der Waals surface area contributed by atoms with Crippen molar-refractivity contribution in [3.05, 3.63) is 66.2 Å². The SMILES string of the molecule is COc1ccc(-c2ccc(N3CCCN(C(=O)CN(CCc4ccccc4)C(=O)C4CC4)CC3)nn2)cc1OC. The number of nitrogens with zero attached hydrogens (tertiary/aromatic N) is 5. The summed E-state index contributed by atoms with van der Waals surface area (Å²) in [6, 6.07) is 19.7. The molecule has 2 heterocycles. The first-order valence-electron chi connectivity index (χ1n) is 14.0. The third-order valence-electron chi connectivity index (χ3n) is 7.58. The van der Waals surface area contributed by atoms with Crippen LogP contribution in [0.15, 0.2) is 60.7 Å². The van der Waals surface area contributed by atoms with E-state index in [0.29, 0.717) is 37.7 Å². The number of hydrogen-bond acceptors (Lipinski definition) is 7. The molecule has 0 unspecified atom stereocenters. The fraction of sp³-hybridized carbons (Fsp3) is 0.419. The van der Waals surface area contributed by atoms with E-state index in [2.05, 4.69) is 27.2 Å². The van der Waals surface area contributed by atoms with Gasteiger partial charge in [-0.15, -0.1) is 10.2 Å². The molecular weight excluding hydrogens is 506 g/mol. The number of carbonyl (C=O) groups is 2. The first-order valence-corrected chi connectivity index (χ1v) is 14.0. The van der Waals surface area contributed by atoms with Crippen LogP contribution in [0.4, 0.5) is 5.82 Å². The molecule has 0 bridgehead atoms. The Morgan fingerprint density at radius 1 is 0.900 bits per heavy atom. The zero-order chi connectivity index (χ0) is 27.9. The maximum absolute atomic E-state index is 13.3. The van der Waals surface area contributed by atoms with Gasteiger partial charge in [0.2, 0.25) is 11.8 Å². The van der Waals surface area contributed by atoms with Crippen molar-refractivity contribution in [1.82, 2.24) is 20.0 Å². The molecule has 5 rings (SSSR count). The lowest BCUT2D eigenvalue weighted by atomic mass is 10.1. The highest BCUT2D eigenvalue weighted by atomic mass is 16.5. The standard InChI is InChI=1S/C31H37N5O4/c1-39-27-13-11-25(21-28(27)40-2)26-12-14-29(33-32-26)34-16-6-17-35(20-19-34)30(37)22-36(31(38)24-9-10-24)18-15-23-7-4-3-5-8-23/h3-5,7-8,11-14,21,24H,6,9-10,15-20,22H2,1-2H3. The minimum Gasteiger partial charge on any atom is -0.493 e. The normalized spacial score (nSPS) is 15.3. The molecule has 9 nitrogen and oxygen atoms in total. The van der Waals surface area contributed by atoms with Crippen LogP contribution in [0, 0.1) is 5.92 Å². The van der Waals surface area contributed by atoms with Gasteiger partial charge in [0.15, 0.2) is 17.3 Å². The molecule has 2 aliphatic rings. The lowest BCUT2D eigenvalue weighted by Gasteiger charge is -2.27. The maximum atomic E-state index is 13.3. The van der Waals surface area contributed by atoms with Gasteiger partial charge in [-0.25, -0.2) is 0 Å². The highest BCUT2D eigenvalue weighted by Crippen LogP contribution is 2.32. The highest BCUT2D eigenvalue weighted by molar-refractivity contribution is 5.87. The second kappa shape index (κ2) is 12.8. The van der Waals surface area contributed by atoms with E-state index in [1.807, 2.05) is 53.4 Å². The number of anilines is 1. The van der Waals surface area contributed by atoms with Gasteiger partial charge >= 0.3 is 0 Å². The van der Waals surface area contributed by atoms with Gasteiger partial charge in [0.25, 0.3) is 0 Å². The van der Waals surface area contributed by atoms with Crippen molar-refractivity contribution >= 4 is 17.6 Å². The molecule has 0 spiro atoms. The van der Waals surface area contributed by atoms with Crippen molar-refractivity contribution < 1.29 is 19.1 Å². The molecule has 9 heteroatoms. The number of amides is 2. The Bertz CT molecular complexity index is 1300. The molecule has 0 radical (unpaired) electrons. The Hall–Kier alpha value is -4.14. The fourth-order valence-corrected chi connectivity index (χ4v) is 5.07. The molecule has 0 atom stereocenters. The van der Waals surface area contributed by atoms with Crippen LogP contribution < -0.4 is 14.4 Å². The third kappa shape index (κ3) is 6.70. The largest absolute Gasteiger partial charge is 0.493 e. The number of benzene rings is 2. The van der Waals surface area contributed by atoms with Crippen molar-refractivity contribution in [3.63, 3.8) is 0 Å². The second-order valence-electron chi connectivity index (χ2n) is 10.3. The van der Waals surface area contributed by atoms with Crippen LogP contribution in [0.2, 0.25) is 0 Å². The first kappa shape index (κ1) is 27.4. The Morgan fingerprint density at radius 2 is 1.70 bits per heavy atom. The Kier molecular flexibility index (Phi) is 8.78. The van der Waals surface area contributed by atoms with Gasteiger partial charge in [-0.3, -0.25) is 9.59 Å². The van der Waals surface area contributed by atoms with Gasteiger partial charge in [-0.1, -0.05) is 30.3 Å². The number of aromatic nitrogens is 2. The number of carbonyl (C=O) groups excluding carboxylic acids is 2. The molecule has 2 aromatic carbocycles. The molecular formula is C31H37N5O4. The van der Waals surface area contributed by atoms with Crippen LogP contribution in [-0.4, -0.2) is 85.3 Å². The average molecular weight is 544 g/mol. The molecule has 2 amide bonds. The van der Waals surface area contributed by atoms with Gasteiger partial charge in [-0.05, 0) is 61.6 Å². The molecule has 1 saturated carbocycles. The van der Waals surface area contributed by atoms with Crippen LogP contribution >= 0.6 is 0 Å². The number of methoxy groups -OCH3 is 2. The van der Waals surface area contributed by atoms with Crippen molar-refractivity contribution in [2.75, 3.05) is 58.4 Å². The molecule has 1 aliphatic carbocycles. The molecule has 0 N–H and O–H groups in total. The summed E-state index contributed by atoms with van der Waals surface area (Å²) in [5.41, 5.74) is 2.81. The van der Waals surface area contributed by atoms with Gasteiger partial charge in [0.05, 0.1) is 26.5 Å². The smallest absolute Gasteiger partial charge is 0.242 e. The summed E-state index contributed by atoms with van der Waals surface area (Å²) >= 11 is 0. The van der Waals surface area contributed by atoms with Crippen LogP contribution in [0.25, 0.3) is 11.3 Å². The van der Waals surface area contributed by atoms with E-state index in [1.54, 1.807) is 19.1 Å². The van der Waals surface area contributed by atoms with E-state index in [4.69, 9.17) is 9.47 Å². The number of rotatable bonds is 10. The van der Waals surface area contributed by atoms with Gasteiger partial charge in [-0.2, -0.15) is 0 Å². The lowest BCUT2D eigenvalue weighted by molar-refractivity contribution is -0.141. The van der Waals surface area contributed by atoms with E-state index in [0.717, 1.165) is 49.3 Å². The minimum atomic E-state index is 0.0128. The molecule has 1 saturated heterocycles. The minimum absolute atomic E-state index is 0.0128. The highest BCUT2D eigenvalue weighted by Gasteiger charge is 2.34. The van der Waals surface area contributed by atoms with Gasteiger partial charge < -0.3 is 24.2 Å². The molecule has 2 fully saturated rings. The van der Waals surface area contributed by atoms with Crippen LogP contribution in [-0.2, 0) is 16.0 Å². The van der Waals surface area contributed by atoms with E-state index < -0.39 is 0 Å². The summed E-state index contributed by atoms with van der Waals surface area (Å²) < 4.78 is 10.7. The van der Waals surface area contributed by atoms with Crippen molar-refractivity contribution in [1.29, 1.82) is 0 Å². The van der Waals surface area contributed by atoms with Crippen LogP contribution in [0.5, 0.6) is 11.5 Å². The molecule has 3 aromatic rings. The van der Waals surface area contributed by atoms with Crippen LogP contribution in [0.1, 0.15) is 24.8 Å².